The van der Waals surface area contributed by atoms with Gasteiger partial charge in [0, 0.05) is 34.7 Å². The first-order valence-corrected chi connectivity index (χ1v) is 11.0. The predicted molar refractivity (Wildman–Crippen MR) is 122 cm³/mol. The quantitative estimate of drug-likeness (QED) is 0.490. The number of fused-ring (bicyclic) bond motifs is 2. The van der Waals surface area contributed by atoms with Crippen LogP contribution < -0.4 is 15.0 Å². The molecule has 1 heterocycles. The maximum absolute atomic E-state index is 13.2. The molecule has 1 N–H and O–H groups in total. The second-order valence-electron chi connectivity index (χ2n) is 7.26. The fourth-order valence-electron chi connectivity index (χ4n) is 3.42. The number of carbonyl (C=O) groups is 2. The number of hydrogen-bond donors (Lipinski definition) is 1. The van der Waals surface area contributed by atoms with Crippen LogP contribution in [-0.4, -0.2) is 38.4 Å². The van der Waals surface area contributed by atoms with Crippen LogP contribution in [0.25, 0.3) is 0 Å². The van der Waals surface area contributed by atoms with Crippen molar-refractivity contribution in [1.29, 1.82) is 0 Å². The molecule has 0 aliphatic carbocycles. The summed E-state index contributed by atoms with van der Waals surface area (Å²) in [7, 11) is 1.56. The summed E-state index contributed by atoms with van der Waals surface area (Å²) in [4.78, 5) is 29.0. The average molecular weight is 488 g/mol. The van der Waals surface area contributed by atoms with Gasteiger partial charge in [-0.3, -0.25) is 9.59 Å². The third-order valence-electron chi connectivity index (χ3n) is 4.96. The van der Waals surface area contributed by atoms with Crippen LogP contribution in [0.3, 0.4) is 0 Å². The minimum Gasteiger partial charge on any atom is -0.406 e. The van der Waals surface area contributed by atoms with E-state index in [9.17, 15) is 22.8 Å². The number of amides is 2. The Kier molecular flexibility index (Phi) is 6.80. The van der Waals surface area contributed by atoms with Crippen LogP contribution in [0.5, 0.6) is 5.75 Å². The molecule has 0 atom stereocenters. The second kappa shape index (κ2) is 9.78. The van der Waals surface area contributed by atoms with Crippen molar-refractivity contribution in [2.45, 2.75) is 16.2 Å². The van der Waals surface area contributed by atoms with Gasteiger partial charge >= 0.3 is 6.36 Å². The summed E-state index contributed by atoms with van der Waals surface area (Å²) in [6.07, 6.45) is -4.81. The Balaban J connectivity index is 1.58. The van der Waals surface area contributed by atoms with Crippen molar-refractivity contribution in [3.05, 3.63) is 77.9 Å². The van der Waals surface area contributed by atoms with Gasteiger partial charge in [0.15, 0.2) is 0 Å². The van der Waals surface area contributed by atoms with Crippen molar-refractivity contribution >= 4 is 35.0 Å². The Bertz CT molecular complexity index is 1220. The maximum atomic E-state index is 13.2. The molecule has 0 unspecified atom stereocenters. The van der Waals surface area contributed by atoms with E-state index < -0.39 is 18.0 Å². The van der Waals surface area contributed by atoms with Crippen LogP contribution in [0.4, 0.5) is 24.5 Å². The van der Waals surface area contributed by atoms with Gasteiger partial charge in [-0.05, 0) is 54.6 Å². The van der Waals surface area contributed by atoms with E-state index in [0.717, 1.165) is 21.9 Å². The Morgan fingerprint density at radius 3 is 2.47 bits per heavy atom. The molecular formula is C24H19F3N2O4S. The molecule has 0 fully saturated rings. The number of nitrogens with zero attached hydrogens (tertiary/aromatic N) is 1. The van der Waals surface area contributed by atoms with E-state index >= 15 is 0 Å². The first-order valence-electron chi connectivity index (χ1n) is 10.1. The molecule has 4 rings (SSSR count). The average Bonchev–Trinajstić information content (AvgIpc) is 2.91. The number of halogens is 3. The molecular weight excluding hydrogens is 469 g/mol. The monoisotopic (exact) mass is 488 g/mol. The highest BCUT2D eigenvalue weighted by Gasteiger charge is 2.31. The SMILES string of the molecule is COCCN1C(=O)c2ccccc2Sc2cc(NC(=O)c3ccc(OC(F)(F)F)cc3)ccc21. The standard InChI is InChI=1S/C24H19F3N2O4S/c1-32-13-12-29-19-11-8-16(14-21(19)34-20-5-3-2-4-18(20)23(29)31)28-22(30)15-6-9-17(10-7-15)33-24(25,26)27/h2-11,14H,12-13H2,1H3,(H,28,30). The van der Waals surface area contributed by atoms with Gasteiger partial charge in [0.05, 0.1) is 17.9 Å². The summed E-state index contributed by atoms with van der Waals surface area (Å²) in [5.41, 5.74) is 1.91. The molecule has 1 aliphatic heterocycles. The lowest BCUT2D eigenvalue weighted by Gasteiger charge is -2.23. The molecule has 0 saturated carbocycles. The van der Waals surface area contributed by atoms with Crippen molar-refractivity contribution in [3.8, 4) is 5.75 Å². The van der Waals surface area contributed by atoms with E-state index in [4.69, 9.17) is 4.74 Å². The zero-order valence-corrected chi connectivity index (χ0v) is 18.7. The minimum atomic E-state index is -4.81. The number of alkyl halides is 3. The number of rotatable bonds is 6. The molecule has 0 radical (unpaired) electrons. The number of nitrogens with one attached hydrogen (secondary N) is 1. The number of methoxy groups -OCH3 is 1. The van der Waals surface area contributed by atoms with Crippen molar-refractivity contribution in [1.82, 2.24) is 0 Å². The van der Waals surface area contributed by atoms with Crippen molar-refractivity contribution in [2.24, 2.45) is 0 Å². The van der Waals surface area contributed by atoms with Crippen LogP contribution in [-0.2, 0) is 4.74 Å². The van der Waals surface area contributed by atoms with Gasteiger partial charge in [-0.1, -0.05) is 23.9 Å². The van der Waals surface area contributed by atoms with E-state index in [1.807, 2.05) is 12.1 Å². The molecule has 176 valence electrons. The highest BCUT2D eigenvalue weighted by Crippen LogP contribution is 2.42. The molecule has 1 aliphatic rings. The molecule has 0 bridgehead atoms. The lowest BCUT2D eigenvalue weighted by atomic mass is 10.1. The first kappa shape index (κ1) is 23.7. The summed E-state index contributed by atoms with van der Waals surface area (Å²) in [5.74, 6) is -1.05. The molecule has 0 saturated heterocycles. The fourth-order valence-corrected chi connectivity index (χ4v) is 4.54. The Hall–Kier alpha value is -3.50. The molecule has 0 aromatic heterocycles. The topological polar surface area (TPSA) is 67.9 Å². The summed E-state index contributed by atoms with van der Waals surface area (Å²) in [6.45, 7) is 0.708. The molecule has 34 heavy (non-hydrogen) atoms. The smallest absolute Gasteiger partial charge is 0.406 e. The number of benzene rings is 3. The van der Waals surface area contributed by atoms with Crippen molar-refractivity contribution in [2.75, 3.05) is 30.5 Å². The largest absolute Gasteiger partial charge is 0.573 e. The Labute approximate surface area is 197 Å². The van der Waals surface area contributed by atoms with Crippen LogP contribution in [0.2, 0.25) is 0 Å². The Morgan fingerprint density at radius 1 is 1.03 bits per heavy atom. The second-order valence-corrected chi connectivity index (χ2v) is 8.34. The zero-order valence-electron chi connectivity index (χ0n) is 17.9. The summed E-state index contributed by atoms with van der Waals surface area (Å²) >= 11 is 1.41. The summed E-state index contributed by atoms with van der Waals surface area (Å²) < 4.78 is 46.0. The van der Waals surface area contributed by atoms with Gasteiger partial charge in [0.25, 0.3) is 11.8 Å². The first-order chi connectivity index (χ1) is 16.2. The summed E-state index contributed by atoms with van der Waals surface area (Å²) in [6, 6.07) is 17.1. The normalized spacial score (nSPS) is 13.1. The zero-order chi connectivity index (χ0) is 24.3. The van der Waals surface area contributed by atoms with Crippen LogP contribution in [0.15, 0.2) is 76.5 Å². The summed E-state index contributed by atoms with van der Waals surface area (Å²) in [5, 5.41) is 2.75. The number of ether oxygens (including phenoxy) is 2. The van der Waals surface area contributed by atoms with Crippen LogP contribution in [0, 0.1) is 0 Å². The van der Waals surface area contributed by atoms with E-state index in [-0.39, 0.29) is 11.5 Å². The highest BCUT2D eigenvalue weighted by molar-refractivity contribution is 7.99. The third kappa shape index (κ3) is 5.35. The van der Waals surface area contributed by atoms with Crippen molar-refractivity contribution in [3.63, 3.8) is 0 Å². The fraction of sp³-hybridized carbons (Fsp3) is 0.167. The van der Waals surface area contributed by atoms with E-state index in [1.54, 1.807) is 42.3 Å². The molecule has 10 heteroatoms. The molecule has 6 nitrogen and oxygen atoms in total. The van der Waals surface area contributed by atoms with Gasteiger partial charge in [-0.2, -0.15) is 0 Å². The van der Waals surface area contributed by atoms with Gasteiger partial charge in [-0.25, -0.2) is 0 Å². The lowest BCUT2D eigenvalue weighted by Crippen LogP contribution is -2.33. The molecule has 3 aromatic carbocycles. The van der Waals surface area contributed by atoms with Crippen LogP contribution >= 0.6 is 11.8 Å². The molecule has 0 spiro atoms. The minimum absolute atomic E-state index is 0.142. The number of carbonyl (C=O) groups excluding carboxylic acids is 2. The predicted octanol–water partition coefficient (Wildman–Crippen LogP) is 5.60. The van der Waals surface area contributed by atoms with Gasteiger partial charge in [-0.15, -0.1) is 13.2 Å². The molecule has 2 amide bonds. The molecule has 3 aromatic rings. The van der Waals surface area contributed by atoms with Gasteiger partial charge in [0.1, 0.15) is 5.75 Å². The number of anilines is 2. The van der Waals surface area contributed by atoms with E-state index in [2.05, 4.69) is 10.1 Å². The third-order valence-corrected chi connectivity index (χ3v) is 6.08. The number of hydrogen-bond acceptors (Lipinski definition) is 5. The maximum Gasteiger partial charge on any atom is 0.573 e. The van der Waals surface area contributed by atoms with Gasteiger partial charge < -0.3 is 19.7 Å². The van der Waals surface area contributed by atoms with Crippen LogP contribution in [0.1, 0.15) is 20.7 Å². The van der Waals surface area contributed by atoms with Gasteiger partial charge in [0.2, 0.25) is 0 Å². The Morgan fingerprint density at radius 2 is 1.76 bits per heavy atom. The van der Waals surface area contributed by atoms with E-state index in [0.29, 0.717) is 30.1 Å². The highest BCUT2D eigenvalue weighted by atomic mass is 32.2. The lowest BCUT2D eigenvalue weighted by molar-refractivity contribution is -0.274. The van der Waals surface area contributed by atoms with Crippen molar-refractivity contribution < 1.29 is 32.2 Å². The van der Waals surface area contributed by atoms with E-state index in [1.165, 1.54) is 23.9 Å².